The van der Waals surface area contributed by atoms with Crippen molar-refractivity contribution < 1.29 is 14.3 Å². The van der Waals surface area contributed by atoms with Crippen molar-refractivity contribution in [2.45, 2.75) is 38.7 Å². The van der Waals surface area contributed by atoms with Crippen molar-refractivity contribution in [3.8, 4) is 0 Å². The predicted molar refractivity (Wildman–Crippen MR) is 110 cm³/mol. The fraction of sp³-hybridized carbons (Fsp3) is 0.417. The molecule has 0 aliphatic carbocycles. The molecule has 148 valence electrons. The quantitative estimate of drug-likeness (QED) is 0.661. The topological polar surface area (TPSA) is 46.6 Å². The van der Waals surface area contributed by atoms with E-state index in [0.717, 1.165) is 31.5 Å². The highest BCUT2D eigenvalue weighted by Crippen LogP contribution is 2.33. The van der Waals surface area contributed by atoms with Gasteiger partial charge in [0.15, 0.2) is 5.78 Å². The van der Waals surface area contributed by atoms with Crippen molar-refractivity contribution in [3.05, 3.63) is 71.3 Å². The summed E-state index contributed by atoms with van der Waals surface area (Å²) in [7, 11) is 1.76. The standard InChI is InChI=1S/C24H29NO3/c1-18-8-10-19(11-9-18)22(26)12-13-23(27)25-16-14-21(15-17-25)24(28-2)20-6-4-3-5-7-20/h3-11,21,24H,12-17H2,1-2H3. The summed E-state index contributed by atoms with van der Waals surface area (Å²) < 4.78 is 5.76. The van der Waals surface area contributed by atoms with Gasteiger partial charge in [-0.25, -0.2) is 0 Å². The fourth-order valence-corrected chi connectivity index (χ4v) is 3.96. The fourth-order valence-electron chi connectivity index (χ4n) is 3.96. The first-order valence-corrected chi connectivity index (χ1v) is 10.0. The van der Waals surface area contributed by atoms with E-state index in [4.69, 9.17) is 4.74 Å². The van der Waals surface area contributed by atoms with Crippen LogP contribution in [0.2, 0.25) is 0 Å². The largest absolute Gasteiger partial charge is 0.376 e. The molecule has 4 heteroatoms. The number of rotatable bonds is 7. The van der Waals surface area contributed by atoms with Crippen molar-refractivity contribution >= 4 is 11.7 Å². The Hall–Kier alpha value is -2.46. The van der Waals surface area contributed by atoms with Crippen LogP contribution in [0.1, 0.15) is 53.3 Å². The van der Waals surface area contributed by atoms with Gasteiger partial charge in [0.25, 0.3) is 0 Å². The summed E-state index contributed by atoms with van der Waals surface area (Å²) in [6.07, 6.45) is 2.47. The number of likely N-dealkylation sites (tertiary alicyclic amines) is 1. The molecule has 1 heterocycles. The molecule has 0 N–H and O–H groups in total. The Balaban J connectivity index is 1.48. The number of hydrogen-bond donors (Lipinski definition) is 0. The van der Waals surface area contributed by atoms with Crippen molar-refractivity contribution in [2.24, 2.45) is 5.92 Å². The van der Waals surface area contributed by atoms with Gasteiger partial charge in [-0.3, -0.25) is 9.59 Å². The molecule has 0 radical (unpaired) electrons. The Morgan fingerprint density at radius 3 is 2.25 bits per heavy atom. The molecule has 1 aliphatic heterocycles. The molecule has 2 aromatic carbocycles. The van der Waals surface area contributed by atoms with Crippen LogP contribution in [0.3, 0.4) is 0 Å². The maximum Gasteiger partial charge on any atom is 0.223 e. The maximum atomic E-state index is 12.5. The van der Waals surface area contributed by atoms with E-state index in [1.807, 2.05) is 54.3 Å². The van der Waals surface area contributed by atoms with Crippen LogP contribution < -0.4 is 0 Å². The Morgan fingerprint density at radius 2 is 1.64 bits per heavy atom. The number of hydrogen-bond acceptors (Lipinski definition) is 3. The number of methoxy groups -OCH3 is 1. The molecule has 1 saturated heterocycles. The summed E-state index contributed by atoms with van der Waals surface area (Å²) in [4.78, 5) is 26.7. The molecule has 1 atom stereocenters. The van der Waals surface area contributed by atoms with E-state index in [2.05, 4.69) is 12.1 Å². The van der Waals surface area contributed by atoms with Gasteiger partial charge in [-0.2, -0.15) is 0 Å². The lowest BCUT2D eigenvalue weighted by Gasteiger charge is -2.35. The van der Waals surface area contributed by atoms with Gasteiger partial charge in [0.2, 0.25) is 5.91 Å². The highest BCUT2D eigenvalue weighted by atomic mass is 16.5. The Bertz CT molecular complexity index is 777. The molecule has 3 rings (SSSR count). The summed E-state index contributed by atoms with van der Waals surface area (Å²) in [6.45, 7) is 3.46. The third-order valence-electron chi connectivity index (χ3n) is 5.64. The number of nitrogens with zero attached hydrogens (tertiary/aromatic N) is 1. The Morgan fingerprint density at radius 1 is 1.00 bits per heavy atom. The van der Waals surface area contributed by atoms with Crippen LogP contribution in [-0.2, 0) is 9.53 Å². The highest BCUT2D eigenvalue weighted by molar-refractivity contribution is 5.97. The van der Waals surface area contributed by atoms with E-state index in [9.17, 15) is 9.59 Å². The molecule has 1 fully saturated rings. The molecule has 0 saturated carbocycles. The molecule has 0 bridgehead atoms. The molecule has 0 aromatic heterocycles. The maximum absolute atomic E-state index is 12.5. The second kappa shape index (κ2) is 9.65. The lowest BCUT2D eigenvalue weighted by molar-refractivity contribution is -0.133. The minimum atomic E-state index is 0.0340. The first kappa shape index (κ1) is 20.3. The van der Waals surface area contributed by atoms with E-state index >= 15 is 0 Å². The van der Waals surface area contributed by atoms with Crippen LogP contribution >= 0.6 is 0 Å². The number of Topliss-reactive ketones (excluding diaryl/α,β-unsaturated/α-hetero) is 1. The lowest BCUT2D eigenvalue weighted by atomic mass is 9.87. The van der Waals surface area contributed by atoms with Crippen molar-refractivity contribution in [1.82, 2.24) is 4.90 Å². The average Bonchev–Trinajstić information content (AvgIpc) is 2.74. The van der Waals surface area contributed by atoms with E-state index < -0.39 is 0 Å². The van der Waals surface area contributed by atoms with Crippen LogP contribution in [0.5, 0.6) is 0 Å². The minimum Gasteiger partial charge on any atom is -0.376 e. The Labute approximate surface area is 167 Å². The Kier molecular flexibility index (Phi) is 6.99. The summed E-state index contributed by atoms with van der Waals surface area (Å²) >= 11 is 0. The third-order valence-corrected chi connectivity index (χ3v) is 5.64. The predicted octanol–water partition coefficient (Wildman–Crippen LogP) is 4.58. The summed E-state index contributed by atoms with van der Waals surface area (Å²) in [5.41, 5.74) is 3.00. The van der Waals surface area contributed by atoms with Gasteiger partial charge in [0.1, 0.15) is 0 Å². The normalized spacial score (nSPS) is 16.0. The number of ether oxygens (including phenoxy) is 1. The van der Waals surface area contributed by atoms with Gasteiger partial charge in [-0.05, 0) is 31.2 Å². The molecule has 1 unspecified atom stereocenters. The first-order valence-electron chi connectivity index (χ1n) is 10.0. The summed E-state index contributed by atoms with van der Waals surface area (Å²) in [5.74, 6) is 0.519. The molecule has 4 nitrogen and oxygen atoms in total. The molecule has 2 aromatic rings. The molecule has 1 aliphatic rings. The number of amides is 1. The highest BCUT2D eigenvalue weighted by Gasteiger charge is 2.29. The molecular formula is C24H29NO3. The SMILES string of the molecule is COC(c1ccccc1)C1CCN(C(=O)CCC(=O)c2ccc(C)cc2)CC1. The molecule has 0 spiro atoms. The molecule has 28 heavy (non-hydrogen) atoms. The van der Waals surface area contributed by atoms with Gasteiger partial charge < -0.3 is 9.64 Å². The zero-order chi connectivity index (χ0) is 19.9. The molecule has 1 amide bonds. The van der Waals surface area contributed by atoms with E-state index in [0.29, 0.717) is 11.5 Å². The van der Waals surface area contributed by atoms with E-state index in [1.165, 1.54) is 5.56 Å². The zero-order valence-electron chi connectivity index (χ0n) is 16.8. The van der Waals surface area contributed by atoms with Gasteiger partial charge in [-0.15, -0.1) is 0 Å². The number of carbonyl (C=O) groups is 2. The third kappa shape index (κ3) is 5.08. The van der Waals surface area contributed by atoms with E-state index in [-0.39, 0.29) is 30.6 Å². The van der Waals surface area contributed by atoms with Gasteiger partial charge in [0.05, 0.1) is 6.10 Å². The van der Waals surface area contributed by atoms with Crippen molar-refractivity contribution in [1.29, 1.82) is 0 Å². The van der Waals surface area contributed by atoms with Crippen LogP contribution in [0.15, 0.2) is 54.6 Å². The number of ketones is 1. The van der Waals surface area contributed by atoms with Crippen LogP contribution in [0.4, 0.5) is 0 Å². The van der Waals surface area contributed by atoms with Gasteiger partial charge in [0, 0.05) is 38.6 Å². The lowest BCUT2D eigenvalue weighted by Crippen LogP contribution is -2.40. The van der Waals surface area contributed by atoms with Gasteiger partial charge in [-0.1, -0.05) is 60.2 Å². The number of benzene rings is 2. The number of piperidine rings is 1. The zero-order valence-corrected chi connectivity index (χ0v) is 16.8. The average molecular weight is 380 g/mol. The van der Waals surface area contributed by atoms with Gasteiger partial charge >= 0.3 is 0 Å². The van der Waals surface area contributed by atoms with Crippen LogP contribution in [-0.4, -0.2) is 36.8 Å². The smallest absolute Gasteiger partial charge is 0.223 e. The second-order valence-electron chi connectivity index (χ2n) is 7.57. The van der Waals surface area contributed by atoms with Crippen molar-refractivity contribution in [2.75, 3.05) is 20.2 Å². The minimum absolute atomic E-state index is 0.0340. The van der Waals surface area contributed by atoms with Crippen LogP contribution in [0.25, 0.3) is 0 Å². The first-order chi connectivity index (χ1) is 13.6. The molecular weight excluding hydrogens is 350 g/mol. The monoisotopic (exact) mass is 379 g/mol. The summed E-state index contributed by atoms with van der Waals surface area (Å²) in [6, 6.07) is 17.8. The number of carbonyl (C=O) groups excluding carboxylic acids is 2. The van der Waals surface area contributed by atoms with Crippen LogP contribution in [0, 0.1) is 12.8 Å². The number of aryl methyl sites for hydroxylation is 1. The van der Waals surface area contributed by atoms with E-state index in [1.54, 1.807) is 7.11 Å². The van der Waals surface area contributed by atoms with Crippen molar-refractivity contribution in [3.63, 3.8) is 0 Å². The second-order valence-corrected chi connectivity index (χ2v) is 7.57. The summed E-state index contributed by atoms with van der Waals surface area (Å²) in [5, 5.41) is 0.